The van der Waals surface area contributed by atoms with Crippen LogP contribution < -0.4 is 10.2 Å². The number of aryl methyl sites for hydroxylation is 1. The highest BCUT2D eigenvalue weighted by Gasteiger charge is 2.13. The summed E-state index contributed by atoms with van der Waals surface area (Å²) in [6.45, 7) is 4.56. The van der Waals surface area contributed by atoms with Gasteiger partial charge in [-0.15, -0.1) is 0 Å². The van der Waals surface area contributed by atoms with E-state index in [1.165, 1.54) is 54.8 Å². The standard InChI is InChI=1S/C18H25N3/c1-3-7-14-12-18(19-2)16-13-15(8-9-17(16)20-14)21-10-5-4-6-11-21/h8-9,12-13H,3-7,10-11H2,1-2H3,(H,19,20). The molecular formula is C18H25N3. The summed E-state index contributed by atoms with van der Waals surface area (Å²) in [5.41, 5.74) is 4.82. The van der Waals surface area contributed by atoms with E-state index < -0.39 is 0 Å². The van der Waals surface area contributed by atoms with Crippen molar-refractivity contribution in [3.63, 3.8) is 0 Å². The summed E-state index contributed by atoms with van der Waals surface area (Å²) >= 11 is 0. The van der Waals surface area contributed by atoms with Gasteiger partial charge in [-0.1, -0.05) is 13.3 Å². The van der Waals surface area contributed by atoms with Gasteiger partial charge in [0.25, 0.3) is 0 Å². The number of nitrogens with zero attached hydrogens (tertiary/aromatic N) is 2. The number of pyridine rings is 1. The summed E-state index contributed by atoms with van der Waals surface area (Å²) < 4.78 is 0. The number of fused-ring (bicyclic) bond motifs is 1. The second kappa shape index (κ2) is 6.33. The number of hydrogen-bond donors (Lipinski definition) is 1. The Morgan fingerprint density at radius 2 is 1.95 bits per heavy atom. The average molecular weight is 283 g/mol. The minimum absolute atomic E-state index is 1.04. The molecule has 1 fully saturated rings. The van der Waals surface area contributed by atoms with Crippen molar-refractivity contribution in [3.05, 3.63) is 30.0 Å². The molecule has 0 aliphatic carbocycles. The smallest absolute Gasteiger partial charge is 0.0727 e. The molecule has 1 aliphatic heterocycles. The highest BCUT2D eigenvalue weighted by molar-refractivity contribution is 5.93. The molecule has 2 aromatic rings. The lowest BCUT2D eigenvalue weighted by molar-refractivity contribution is 0.578. The third-order valence-corrected chi connectivity index (χ3v) is 4.34. The van der Waals surface area contributed by atoms with Gasteiger partial charge in [0.15, 0.2) is 0 Å². The van der Waals surface area contributed by atoms with E-state index in [0.717, 1.165) is 18.4 Å². The van der Waals surface area contributed by atoms with E-state index in [1.54, 1.807) is 0 Å². The van der Waals surface area contributed by atoms with Crippen LogP contribution in [0.4, 0.5) is 11.4 Å². The molecule has 1 saturated heterocycles. The van der Waals surface area contributed by atoms with Gasteiger partial charge in [-0.25, -0.2) is 0 Å². The normalized spacial score (nSPS) is 15.4. The molecule has 1 aromatic carbocycles. The van der Waals surface area contributed by atoms with Crippen LogP contribution in [0.25, 0.3) is 10.9 Å². The van der Waals surface area contributed by atoms with Gasteiger partial charge >= 0.3 is 0 Å². The van der Waals surface area contributed by atoms with Crippen molar-refractivity contribution in [2.45, 2.75) is 39.0 Å². The van der Waals surface area contributed by atoms with E-state index >= 15 is 0 Å². The van der Waals surface area contributed by atoms with Crippen molar-refractivity contribution < 1.29 is 0 Å². The third kappa shape index (κ3) is 2.97. The van der Waals surface area contributed by atoms with E-state index in [9.17, 15) is 0 Å². The molecule has 1 aliphatic rings. The Labute approximate surface area is 127 Å². The van der Waals surface area contributed by atoms with Gasteiger partial charge < -0.3 is 10.2 Å². The van der Waals surface area contributed by atoms with Crippen molar-refractivity contribution in [2.24, 2.45) is 0 Å². The molecule has 3 nitrogen and oxygen atoms in total. The molecule has 0 radical (unpaired) electrons. The highest BCUT2D eigenvalue weighted by Crippen LogP contribution is 2.29. The Balaban J connectivity index is 2.01. The number of anilines is 2. The largest absolute Gasteiger partial charge is 0.388 e. The van der Waals surface area contributed by atoms with E-state index in [-0.39, 0.29) is 0 Å². The Bertz CT molecular complexity index is 615. The fourth-order valence-corrected chi connectivity index (χ4v) is 3.21. The number of aromatic nitrogens is 1. The van der Waals surface area contributed by atoms with Crippen LogP contribution in [-0.2, 0) is 6.42 Å². The molecule has 112 valence electrons. The highest BCUT2D eigenvalue weighted by atomic mass is 15.1. The molecule has 3 rings (SSSR count). The van der Waals surface area contributed by atoms with Crippen LogP contribution in [0.5, 0.6) is 0 Å². The Morgan fingerprint density at radius 1 is 1.14 bits per heavy atom. The van der Waals surface area contributed by atoms with Crippen molar-refractivity contribution in [1.29, 1.82) is 0 Å². The van der Waals surface area contributed by atoms with Crippen LogP contribution in [0.2, 0.25) is 0 Å². The molecule has 1 aromatic heterocycles. The molecule has 3 heteroatoms. The lowest BCUT2D eigenvalue weighted by atomic mass is 10.1. The van der Waals surface area contributed by atoms with Crippen molar-refractivity contribution in [2.75, 3.05) is 30.4 Å². The monoisotopic (exact) mass is 283 g/mol. The number of hydrogen-bond acceptors (Lipinski definition) is 3. The predicted octanol–water partition coefficient (Wildman–Crippen LogP) is 4.22. The molecule has 2 heterocycles. The lowest BCUT2D eigenvalue weighted by Gasteiger charge is -2.29. The number of nitrogens with one attached hydrogen (secondary N) is 1. The summed E-state index contributed by atoms with van der Waals surface area (Å²) in [4.78, 5) is 7.30. The second-order valence-corrected chi connectivity index (χ2v) is 5.91. The molecule has 0 spiro atoms. The SMILES string of the molecule is CCCc1cc(NC)c2cc(N3CCCCC3)ccc2n1. The predicted molar refractivity (Wildman–Crippen MR) is 91.3 cm³/mol. The summed E-state index contributed by atoms with van der Waals surface area (Å²) in [5.74, 6) is 0. The van der Waals surface area contributed by atoms with Gasteiger partial charge in [0.1, 0.15) is 0 Å². The van der Waals surface area contributed by atoms with Gasteiger partial charge in [0, 0.05) is 42.6 Å². The molecule has 21 heavy (non-hydrogen) atoms. The van der Waals surface area contributed by atoms with Crippen molar-refractivity contribution in [3.8, 4) is 0 Å². The van der Waals surface area contributed by atoms with Crippen LogP contribution in [0, 0.1) is 0 Å². The second-order valence-electron chi connectivity index (χ2n) is 5.91. The number of benzene rings is 1. The van der Waals surface area contributed by atoms with Gasteiger partial charge in [-0.3, -0.25) is 4.98 Å². The molecule has 0 amide bonds. The van der Waals surface area contributed by atoms with Gasteiger partial charge in [0.2, 0.25) is 0 Å². The van der Waals surface area contributed by atoms with Crippen molar-refractivity contribution >= 4 is 22.3 Å². The molecule has 0 bridgehead atoms. The zero-order valence-electron chi connectivity index (χ0n) is 13.2. The fourth-order valence-electron chi connectivity index (χ4n) is 3.21. The topological polar surface area (TPSA) is 28.2 Å². The summed E-state index contributed by atoms with van der Waals surface area (Å²) in [5, 5.41) is 4.58. The first kappa shape index (κ1) is 14.2. The Kier molecular flexibility index (Phi) is 4.28. The molecule has 0 atom stereocenters. The zero-order valence-corrected chi connectivity index (χ0v) is 13.2. The zero-order chi connectivity index (χ0) is 14.7. The van der Waals surface area contributed by atoms with E-state index in [4.69, 9.17) is 4.98 Å². The fraction of sp³-hybridized carbons (Fsp3) is 0.500. The van der Waals surface area contributed by atoms with Crippen LogP contribution >= 0.6 is 0 Å². The van der Waals surface area contributed by atoms with Gasteiger partial charge in [-0.2, -0.15) is 0 Å². The molecule has 1 N–H and O–H groups in total. The first-order valence-corrected chi connectivity index (χ1v) is 8.18. The lowest BCUT2D eigenvalue weighted by Crippen LogP contribution is -2.29. The van der Waals surface area contributed by atoms with Gasteiger partial charge in [0.05, 0.1) is 5.52 Å². The summed E-state index contributed by atoms with van der Waals surface area (Å²) in [6.07, 6.45) is 6.16. The minimum Gasteiger partial charge on any atom is -0.388 e. The van der Waals surface area contributed by atoms with Crippen LogP contribution in [0.1, 0.15) is 38.3 Å². The first-order chi connectivity index (χ1) is 10.3. The Hall–Kier alpha value is -1.77. The van der Waals surface area contributed by atoms with Crippen LogP contribution in [0.3, 0.4) is 0 Å². The van der Waals surface area contributed by atoms with Gasteiger partial charge in [-0.05, 0) is 49.9 Å². The van der Waals surface area contributed by atoms with Crippen molar-refractivity contribution in [1.82, 2.24) is 4.98 Å². The van der Waals surface area contributed by atoms with Crippen LogP contribution in [0.15, 0.2) is 24.3 Å². The number of rotatable bonds is 4. The minimum atomic E-state index is 1.04. The summed E-state index contributed by atoms with van der Waals surface area (Å²) in [6, 6.07) is 8.91. The maximum atomic E-state index is 4.80. The molecule has 0 saturated carbocycles. The summed E-state index contributed by atoms with van der Waals surface area (Å²) in [7, 11) is 2.00. The van der Waals surface area contributed by atoms with E-state index in [2.05, 4.69) is 41.4 Å². The quantitative estimate of drug-likeness (QED) is 0.910. The Morgan fingerprint density at radius 3 is 2.67 bits per heavy atom. The average Bonchev–Trinajstić information content (AvgIpc) is 2.55. The first-order valence-electron chi connectivity index (χ1n) is 8.18. The molecule has 0 unspecified atom stereocenters. The number of piperidine rings is 1. The third-order valence-electron chi connectivity index (χ3n) is 4.34. The molecular weight excluding hydrogens is 258 g/mol. The maximum Gasteiger partial charge on any atom is 0.0727 e. The van der Waals surface area contributed by atoms with E-state index in [1.807, 2.05) is 7.05 Å². The van der Waals surface area contributed by atoms with Crippen LogP contribution in [-0.4, -0.2) is 25.1 Å². The maximum absolute atomic E-state index is 4.80. The van der Waals surface area contributed by atoms with E-state index in [0.29, 0.717) is 0 Å².